The lowest BCUT2D eigenvalue weighted by atomic mass is 9.80. The molecular weight excluding hydrogens is 242 g/mol. The van der Waals surface area contributed by atoms with Gasteiger partial charge in [0.25, 0.3) is 0 Å². The number of ether oxygens (including phenoxy) is 1. The van der Waals surface area contributed by atoms with Crippen LogP contribution in [0, 0.1) is 22.7 Å². The molecular formula is C15H23NO3. The highest BCUT2D eigenvalue weighted by Crippen LogP contribution is 2.31. The van der Waals surface area contributed by atoms with E-state index in [0.29, 0.717) is 6.42 Å². The number of nitriles is 1. The van der Waals surface area contributed by atoms with E-state index in [9.17, 15) is 14.9 Å². The third-order valence-corrected chi connectivity index (χ3v) is 2.30. The fourth-order valence-electron chi connectivity index (χ4n) is 1.62. The van der Waals surface area contributed by atoms with Crippen molar-refractivity contribution in [3.8, 4) is 6.07 Å². The lowest BCUT2D eigenvalue weighted by Crippen LogP contribution is -2.36. The average Bonchev–Trinajstić information content (AvgIpc) is 2.21. The van der Waals surface area contributed by atoms with E-state index in [1.165, 1.54) is 19.1 Å². The third kappa shape index (κ3) is 6.19. The van der Waals surface area contributed by atoms with Crippen LogP contribution in [-0.4, -0.2) is 17.4 Å². The zero-order valence-corrected chi connectivity index (χ0v) is 12.6. The van der Waals surface area contributed by atoms with Crippen LogP contribution >= 0.6 is 0 Å². The summed E-state index contributed by atoms with van der Waals surface area (Å²) in [5.41, 5.74) is -2.06. The molecule has 0 heterocycles. The normalized spacial score (nSPS) is 15.1. The minimum absolute atomic E-state index is 0.128. The number of ketones is 1. The van der Waals surface area contributed by atoms with Gasteiger partial charge in [0.15, 0.2) is 11.2 Å². The Morgan fingerprint density at radius 1 is 1.32 bits per heavy atom. The third-order valence-electron chi connectivity index (χ3n) is 2.30. The van der Waals surface area contributed by atoms with Gasteiger partial charge in [-0.3, -0.25) is 4.79 Å². The van der Waals surface area contributed by atoms with Gasteiger partial charge in [-0.05, 0) is 52.2 Å². The minimum Gasteiger partial charge on any atom is -0.459 e. The predicted octanol–water partition coefficient (Wildman–Crippen LogP) is 3.03. The summed E-state index contributed by atoms with van der Waals surface area (Å²) in [6, 6.07) is 2.01. The molecule has 4 heteroatoms. The Hall–Kier alpha value is -1.63. The molecule has 1 atom stereocenters. The quantitative estimate of drug-likeness (QED) is 0.566. The molecule has 0 amide bonds. The van der Waals surface area contributed by atoms with Crippen molar-refractivity contribution in [3.63, 3.8) is 0 Å². The number of rotatable bonds is 5. The van der Waals surface area contributed by atoms with Gasteiger partial charge >= 0.3 is 5.97 Å². The zero-order valence-electron chi connectivity index (χ0n) is 12.6. The molecule has 0 aliphatic rings. The summed E-state index contributed by atoms with van der Waals surface area (Å²) in [6.45, 7) is 10.4. The standard InChI is InChI=1S/C15H23NO3/c1-11(2)9-15(10-16,8-7-12(3)17)13(18)19-14(4,5)6/h7-8,11H,9H2,1-6H3/b8-7+/t15-/m1/s1. The van der Waals surface area contributed by atoms with Gasteiger partial charge < -0.3 is 4.74 Å². The second-order valence-corrected chi connectivity index (χ2v) is 6.13. The molecule has 0 aliphatic carbocycles. The van der Waals surface area contributed by atoms with Crippen LogP contribution in [-0.2, 0) is 14.3 Å². The number of carbonyl (C=O) groups is 2. The summed E-state index contributed by atoms with van der Waals surface area (Å²) < 4.78 is 5.30. The molecule has 0 aromatic heterocycles. The van der Waals surface area contributed by atoms with E-state index in [0.717, 1.165) is 0 Å². The smallest absolute Gasteiger partial charge is 0.330 e. The summed E-state index contributed by atoms with van der Waals surface area (Å²) >= 11 is 0. The molecule has 0 spiro atoms. The number of esters is 1. The van der Waals surface area contributed by atoms with Crippen molar-refractivity contribution in [2.45, 2.75) is 53.6 Å². The fourth-order valence-corrected chi connectivity index (χ4v) is 1.62. The molecule has 0 aromatic carbocycles. The molecule has 0 saturated carbocycles. The molecule has 0 aromatic rings. The number of hydrogen-bond acceptors (Lipinski definition) is 4. The maximum absolute atomic E-state index is 12.3. The number of hydrogen-bond donors (Lipinski definition) is 0. The highest BCUT2D eigenvalue weighted by molar-refractivity contribution is 5.90. The van der Waals surface area contributed by atoms with Gasteiger partial charge in [0.2, 0.25) is 0 Å². The van der Waals surface area contributed by atoms with E-state index in [-0.39, 0.29) is 11.7 Å². The highest BCUT2D eigenvalue weighted by atomic mass is 16.6. The Kier molecular flexibility index (Phi) is 5.95. The van der Waals surface area contributed by atoms with E-state index in [2.05, 4.69) is 0 Å². The molecule has 0 aliphatic heterocycles. The average molecular weight is 265 g/mol. The van der Waals surface area contributed by atoms with Gasteiger partial charge in [0.05, 0.1) is 6.07 Å². The SMILES string of the molecule is CC(=O)/C=C/[C@](C#N)(CC(C)C)C(=O)OC(C)(C)C. The Morgan fingerprint density at radius 3 is 2.16 bits per heavy atom. The van der Waals surface area contributed by atoms with E-state index in [1.807, 2.05) is 19.9 Å². The zero-order chi connectivity index (χ0) is 15.3. The molecule has 0 N–H and O–H groups in total. The van der Waals surface area contributed by atoms with Crippen molar-refractivity contribution >= 4 is 11.8 Å². The first-order valence-corrected chi connectivity index (χ1v) is 6.37. The van der Waals surface area contributed by atoms with E-state index < -0.39 is 17.0 Å². The number of nitrogens with zero attached hydrogens (tertiary/aromatic N) is 1. The maximum atomic E-state index is 12.3. The molecule has 0 radical (unpaired) electrons. The Morgan fingerprint density at radius 2 is 1.84 bits per heavy atom. The summed E-state index contributed by atoms with van der Waals surface area (Å²) in [5.74, 6) is -0.676. The number of carbonyl (C=O) groups excluding carboxylic acids is 2. The van der Waals surface area contributed by atoms with Crippen molar-refractivity contribution in [3.05, 3.63) is 12.2 Å². The monoisotopic (exact) mass is 265 g/mol. The first kappa shape index (κ1) is 17.4. The van der Waals surface area contributed by atoms with Crippen molar-refractivity contribution in [1.82, 2.24) is 0 Å². The van der Waals surface area contributed by atoms with Gasteiger partial charge in [-0.1, -0.05) is 13.8 Å². The largest absolute Gasteiger partial charge is 0.459 e. The molecule has 0 bridgehead atoms. The second-order valence-electron chi connectivity index (χ2n) is 6.13. The van der Waals surface area contributed by atoms with Crippen LogP contribution in [0.1, 0.15) is 48.0 Å². The van der Waals surface area contributed by atoms with Gasteiger partial charge in [0, 0.05) is 0 Å². The van der Waals surface area contributed by atoms with Crippen molar-refractivity contribution in [1.29, 1.82) is 5.26 Å². The molecule has 0 fully saturated rings. The van der Waals surface area contributed by atoms with Gasteiger partial charge in [-0.15, -0.1) is 0 Å². The van der Waals surface area contributed by atoms with Crippen LogP contribution in [0.25, 0.3) is 0 Å². The van der Waals surface area contributed by atoms with Crippen LogP contribution in [0.4, 0.5) is 0 Å². The van der Waals surface area contributed by atoms with Gasteiger partial charge in [-0.25, -0.2) is 4.79 Å². The molecule has 0 rings (SSSR count). The lowest BCUT2D eigenvalue weighted by Gasteiger charge is -2.28. The van der Waals surface area contributed by atoms with Crippen molar-refractivity contribution in [2.24, 2.45) is 11.3 Å². The fraction of sp³-hybridized carbons (Fsp3) is 0.667. The highest BCUT2D eigenvalue weighted by Gasteiger charge is 2.40. The Bertz CT molecular complexity index is 410. The van der Waals surface area contributed by atoms with Crippen LogP contribution < -0.4 is 0 Å². The van der Waals surface area contributed by atoms with Crippen molar-refractivity contribution < 1.29 is 14.3 Å². The summed E-state index contributed by atoms with van der Waals surface area (Å²) in [7, 11) is 0. The van der Waals surface area contributed by atoms with Crippen LogP contribution in [0.3, 0.4) is 0 Å². The van der Waals surface area contributed by atoms with Crippen LogP contribution in [0.5, 0.6) is 0 Å². The Balaban J connectivity index is 5.42. The molecule has 0 unspecified atom stereocenters. The maximum Gasteiger partial charge on any atom is 0.330 e. The molecule has 19 heavy (non-hydrogen) atoms. The van der Waals surface area contributed by atoms with Crippen LogP contribution in [0.15, 0.2) is 12.2 Å². The van der Waals surface area contributed by atoms with Crippen molar-refractivity contribution in [2.75, 3.05) is 0 Å². The summed E-state index contributed by atoms with van der Waals surface area (Å²) in [4.78, 5) is 23.3. The summed E-state index contributed by atoms with van der Waals surface area (Å²) in [6.07, 6.45) is 2.95. The van der Waals surface area contributed by atoms with E-state index in [4.69, 9.17) is 4.74 Å². The summed E-state index contributed by atoms with van der Waals surface area (Å²) in [5, 5.41) is 9.39. The van der Waals surface area contributed by atoms with E-state index >= 15 is 0 Å². The first-order valence-electron chi connectivity index (χ1n) is 6.37. The van der Waals surface area contributed by atoms with Gasteiger partial charge in [-0.2, -0.15) is 5.26 Å². The molecule has 106 valence electrons. The van der Waals surface area contributed by atoms with Gasteiger partial charge in [0.1, 0.15) is 5.60 Å². The Labute approximate surface area is 115 Å². The second kappa shape index (κ2) is 6.51. The predicted molar refractivity (Wildman–Crippen MR) is 73.2 cm³/mol. The first-order chi connectivity index (χ1) is 8.52. The molecule has 4 nitrogen and oxygen atoms in total. The topological polar surface area (TPSA) is 67.2 Å². The molecule has 0 saturated heterocycles. The minimum atomic E-state index is -1.40. The number of allylic oxidation sites excluding steroid dienone is 1. The lowest BCUT2D eigenvalue weighted by molar-refractivity contribution is -0.162. The van der Waals surface area contributed by atoms with E-state index in [1.54, 1.807) is 20.8 Å². The van der Waals surface area contributed by atoms with Crippen LogP contribution in [0.2, 0.25) is 0 Å².